The number of urea groups is 1. The molecule has 0 aromatic heterocycles. The second-order valence-electron chi connectivity index (χ2n) is 7.71. The molecule has 1 atom stereocenters. The molecule has 28 heavy (non-hydrogen) atoms. The van der Waals surface area contributed by atoms with Crippen LogP contribution in [-0.4, -0.2) is 56.8 Å². The summed E-state index contributed by atoms with van der Waals surface area (Å²) in [6, 6.07) is 7.70. The number of carbonyl (C=O) groups is 2. The van der Waals surface area contributed by atoms with Gasteiger partial charge in [0.25, 0.3) is 5.91 Å². The molecule has 1 saturated carbocycles. The average Bonchev–Trinajstić information content (AvgIpc) is 3.21. The van der Waals surface area contributed by atoms with Gasteiger partial charge in [-0.1, -0.05) is 25.0 Å². The van der Waals surface area contributed by atoms with Crippen molar-refractivity contribution in [3.8, 4) is 5.75 Å². The fraction of sp³-hybridized carbons (Fsp3) is 0.619. The van der Waals surface area contributed by atoms with E-state index in [1.54, 1.807) is 0 Å². The van der Waals surface area contributed by atoms with Crippen LogP contribution in [0, 0.1) is 0 Å². The molecule has 7 heteroatoms. The minimum Gasteiger partial charge on any atom is -0.492 e. The molecule has 1 aromatic carbocycles. The summed E-state index contributed by atoms with van der Waals surface area (Å²) in [6.45, 7) is 7.93. The first kappa shape index (κ1) is 20.5. The molecule has 0 radical (unpaired) electrons. The van der Waals surface area contributed by atoms with Gasteiger partial charge in [-0.15, -0.1) is 0 Å². The predicted molar refractivity (Wildman–Crippen MR) is 109 cm³/mol. The Morgan fingerprint density at radius 3 is 2.57 bits per heavy atom. The lowest BCUT2D eigenvalue weighted by Crippen LogP contribution is -3.19. The zero-order valence-electron chi connectivity index (χ0n) is 17.0. The summed E-state index contributed by atoms with van der Waals surface area (Å²) in [5, 5.41) is 5.44. The predicted octanol–water partition coefficient (Wildman–Crippen LogP) is 0.947. The van der Waals surface area contributed by atoms with Crippen LogP contribution in [0.25, 0.3) is 0 Å². The highest BCUT2D eigenvalue weighted by Crippen LogP contribution is 2.27. The van der Waals surface area contributed by atoms with Crippen LogP contribution in [0.3, 0.4) is 0 Å². The molecule has 1 aliphatic carbocycles. The van der Waals surface area contributed by atoms with Crippen LogP contribution in [0.15, 0.2) is 24.3 Å². The second kappa shape index (κ2) is 9.78. The van der Waals surface area contributed by atoms with Crippen molar-refractivity contribution in [2.24, 2.45) is 0 Å². The highest BCUT2D eigenvalue weighted by Gasteiger charge is 2.31. The molecule has 1 aromatic rings. The van der Waals surface area contributed by atoms with E-state index in [1.807, 2.05) is 32.0 Å². The van der Waals surface area contributed by atoms with Gasteiger partial charge in [-0.3, -0.25) is 10.1 Å². The molecule has 3 rings (SSSR count). The maximum absolute atomic E-state index is 12.5. The Labute approximate surface area is 167 Å². The number of hydrogen-bond acceptors (Lipinski definition) is 4. The van der Waals surface area contributed by atoms with Crippen molar-refractivity contribution < 1.29 is 19.2 Å². The number of carbonyl (C=O) groups excluding carboxylic acids is 2. The van der Waals surface area contributed by atoms with E-state index >= 15 is 0 Å². The van der Waals surface area contributed by atoms with Gasteiger partial charge in [0.2, 0.25) is 0 Å². The first-order chi connectivity index (χ1) is 13.6. The van der Waals surface area contributed by atoms with E-state index in [0.717, 1.165) is 63.3 Å². The van der Waals surface area contributed by atoms with Gasteiger partial charge in [0.15, 0.2) is 6.04 Å². The van der Waals surface area contributed by atoms with E-state index < -0.39 is 0 Å². The lowest BCUT2D eigenvalue weighted by molar-refractivity contribution is -0.914. The summed E-state index contributed by atoms with van der Waals surface area (Å²) in [7, 11) is 0. The Balaban J connectivity index is 1.48. The number of para-hydroxylation sites is 2. The zero-order chi connectivity index (χ0) is 19.9. The Bertz CT molecular complexity index is 667. The molecule has 3 amide bonds. The van der Waals surface area contributed by atoms with Crippen LogP contribution < -0.4 is 25.2 Å². The molecular weight excluding hydrogens is 356 g/mol. The van der Waals surface area contributed by atoms with Gasteiger partial charge in [0.05, 0.1) is 38.5 Å². The third-order valence-corrected chi connectivity index (χ3v) is 5.84. The van der Waals surface area contributed by atoms with Crippen molar-refractivity contribution in [2.75, 3.05) is 37.7 Å². The summed E-state index contributed by atoms with van der Waals surface area (Å²) in [6.07, 6.45) is 4.31. The van der Waals surface area contributed by atoms with Crippen LogP contribution in [0.5, 0.6) is 5.75 Å². The minimum absolute atomic E-state index is 0.200. The molecular formula is C21H33N4O3+. The summed E-state index contributed by atoms with van der Waals surface area (Å²) in [4.78, 5) is 28.1. The van der Waals surface area contributed by atoms with E-state index in [0.29, 0.717) is 6.61 Å². The van der Waals surface area contributed by atoms with E-state index in [2.05, 4.69) is 21.6 Å². The maximum Gasteiger partial charge on any atom is 0.321 e. The molecule has 1 aliphatic heterocycles. The Morgan fingerprint density at radius 1 is 1.21 bits per heavy atom. The highest BCUT2D eigenvalue weighted by molar-refractivity contribution is 5.96. The third kappa shape index (κ3) is 5.16. The van der Waals surface area contributed by atoms with Gasteiger partial charge in [-0.25, -0.2) is 4.79 Å². The SMILES string of the molecule is CCOc1ccccc1N1CC[NH+]([C@H](C)C(=O)NC(=O)NC2CCCC2)CC1. The number of rotatable bonds is 6. The van der Waals surface area contributed by atoms with Gasteiger partial charge >= 0.3 is 6.03 Å². The number of nitrogens with one attached hydrogen (secondary N) is 3. The number of anilines is 1. The van der Waals surface area contributed by atoms with Crippen molar-refractivity contribution in [1.82, 2.24) is 10.6 Å². The molecule has 0 bridgehead atoms. The summed E-state index contributed by atoms with van der Waals surface area (Å²) in [5.74, 6) is 0.705. The molecule has 1 saturated heterocycles. The molecule has 7 nitrogen and oxygen atoms in total. The fourth-order valence-electron chi connectivity index (χ4n) is 4.16. The first-order valence-electron chi connectivity index (χ1n) is 10.5. The van der Waals surface area contributed by atoms with E-state index in [-0.39, 0.29) is 24.0 Å². The monoisotopic (exact) mass is 389 g/mol. The normalized spacial score (nSPS) is 19.3. The number of imide groups is 1. The van der Waals surface area contributed by atoms with Crippen LogP contribution in [0.2, 0.25) is 0 Å². The molecule has 2 fully saturated rings. The van der Waals surface area contributed by atoms with Crippen molar-refractivity contribution in [3.05, 3.63) is 24.3 Å². The standard InChI is InChI=1S/C21H32N4O3/c1-3-28-19-11-7-6-10-18(19)25-14-12-24(13-15-25)16(2)20(26)23-21(27)22-17-8-4-5-9-17/h6-7,10-11,16-17H,3-5,8-9,12-15H2,1-2H3,(H2,22,23,26,27)/p+1/t16-/m1/s1. The van der Waals surface area contributed by atoms with Gasteiger partial charge in [0, 0.05) is 6.04 Å². The molecule has 3 N–H and O–H groups in total. The summed E-state index contributed by atoms with van der Waals surface area (Å²) in [5.41, 5.74) is 1.11. The lowest BCUT2D eigenvalue weighted by atomic mass is 10.2. The van der Waals surface area contributed by atoms with Crippen LogP contribution in [0.4, 0.5) is 10.5 Å². The summed E-state index contributed by atoms with van der Waals surface area (Å²) < 4.78 is 5.74. The van der Waals surface area contributed by atoms with Gasteiger partial charge < -0.3 is 19.9 Å². The maximum atomic E-state index is 12.5. The molecule has 0 unspecified atom stereocenters. The molecule has 2 aliphatic rings. The second-order valence-corrected chi connectivity index (χ2v) is 7.71. The largest absolute Gasteiger partial charge is 0.492 e. The van der Waals surface area contributed by atoms with Crippen LogP contribution in [-0.2, 0) is 4.79 Å². The smallest absolute Gasteiger partial charge is 0.321 e. The highest BCUT2D eigenvalue weighted by atomic mass is 16.5. The van der Waals surface area contributed by atoms with Crippen molar-refractivity contribution >= 4 is 17.6 Å². The summed E-state index contributed by atoms with van der Waals surface area (Å²) >= 11 is 0. The zero-order valence-corrected chi connectivity index (χ0v) is 17.0. The molecule has 0 spiro atoms. The average molecular weight is 390 g/mol. The molecule has 1 heterocycles. The van der Waals surface area contributed by atoms with E-state index in [9.17, 15) is 9.59 Å². The van der Waals surface area contributed by atoms with Crippen molar-refractivity contribution in [2.45, 2.75) is 51.6 Å². The van der Waals surface area contributed by atoms with E-state index in [4.69, 9.17) is 4.74 Å². The fourth-order valence-corrected chi connectivity index (χ4v) is 4.16. The third-order valence-electron chi connectivity index (χ3n) is 5.84. The van der Waals surface area contributed by atoms with Gasteiger partial charge in [0.1, 0.15) is 5.75 Å². The number of hydrogen-bond donors (Lipinski definition) is 3. The number of piperazine rings is 1. The molecule has 154 valence electrons. The number of quaternary nitrogens is 1. The van der Waals surface area contributed by atoms with Crippen LogP contribution in [0.1, 0.15) is 39.5 Å². The van der Waals surface area contributed by atoms with Crippen molar-refractivity contribution in [1.29, 1.82) is 0 Å². The number of amides is 3. The number of nitrogens with zero attached hydrogens (tertiary/aromatic N) is 1. The van der Waals surface area contributed by atoms with E-state index in [1.165, 1.54) is 4.90 Å². The first-order valence-corrected chi connectivity index (χ1v) is 10.5. The number of ether oxygens (including phenoxy) is 1. The van der Waals surface area contributed by atoms with Crippen LogP contribution >= 0.6 is 0 Å². The minimum atomic E-state index is -0.354. The lowest BCUT2D eigenvalue weighted by Gasteiger charge is -2.36. The van der Waals surface area contributed by atoms with Gasteiger partial charge in [-0.2, -0.15) is 0 Å². The van der Waals surface area contributed by atoms with Gasteiger partial charge in [-0.05, 0) is 38.8 Å². The number of benzene rings is 1. The van der Waals surface area contributed by atoms with Crippen molar-refractivity contribution in [3.63, 3.8) is 0 Å². The Hall–Kier alpha value is -2.28. The Morgan fingerprint density at radius 2 is 1.89 bits per heavy atom. The topological polar surface area (TPSA) is 75.1 Å². The Kier molecular flexibility index (Phi) is 7.14. The quantitative estimate of drug-likeness (QED) is 0.677.